The van der Waals surface area contributed by atoms with Crippen molar-refractivity contribution in [3.63, 3.8) is 0 Å². The molecule has 2 aromatic rings. The van der Waals surface area contributed by atoms with Crippen molar-refractivity contribution in [2.45, 2.75) is 0 Å². The summed E-state index contributed by atoms with van der Waals surface area (Å²) in [7, 11) is 0. The first-order chi connectivity index (χ1) is 10.6. The lowest BCUT2D eigenvalue weighted by atomic mass is 10.2. The minimum Gasteiger partial charge on any atom is -0.336 e. The first-order valence-electron chi connectivity index (χ1n) is 6.94. The van der Waals surface area contributed by atoms with Gasteiger partial charge < -0.3 is 10.2 Å². The van der Waals surface area contributed by atoms with Crippen molar-refractivity contribution in [3.8, 4) is 5.69 Å². The van der Waals surface area contributed by atoms with Crippen LogP contribution in [0.3, 0.4) is 0 Å². The van der Waals surface area contributed by atoms with Crippen LogP contribution in [-0.4, -0.2) is 51.7 Å². The molecule has 1 aromatic carbocycles. The summed E-state index contributed by atoms with van der Waals surface area (Å²) in [5.41, 5.74) is 1.21. The molecule has 0 unspecified atom stereocenters. The highest BCUT2D eigenvalue weighted by molar-refractivity contribution is 5.93. The van der Waals surface area contributed by atoms with Gasteiger partial charge in [-0.05, 0) is 12.1 Å². The smallest absolute Gasteiger partial charge is 0.269 e. The Hall–Kier alpha value is -2.45. The van der Waals surface area contributed by atoms with Crippen molar-refractivity contribution in [3.05, 3.63) is 52.3 Å². The minimum atomic E-state index is -0.452. The van der Waals surface area contributed by atoms with Gasteiger partial charge in [0, 0.05) is 44.5 Å². The number of rotatable bonds is 3. The number of aromatic nitrogens is 2. The molecular formula is C14H16ClN5O3. The molecule has 0 radical (unpaired) electrons. The predicted molar refractivity (Wildman–Crippen MR) is 86.2 cm³/mol. The van der Waals surface area contributed by atoms with Crippen LogP contribution in [0, 0.1) is 10.1 Å². The summed E-state index contributed by atoms with van der Waals surface area (Å²) in [4.78, 5) is 24.3. The van der Waals surface area contributed by atoms with Gasteiger partial charge in [-0.1, -0.05) is 0 Å². The summed E-state index contributed by atoms with van der Waals surface area (Å²) in [5.74, 6) is -0.0466. The molecule has 122 valence electrons. The third kappa shape index (κ3) is 3.66. The van der Waals surface area contributed by atoms with Crippen LogP contribution in [0.5, 0.6) is 0 Å². The molecule has 9 heteroatoms. The second-order valence-electron chi connectivity index (χ2n) is 4.99. The number of amides is 1. The number of hydrogen-bond acceptors (Lipinski definition) is 5. The first-order valence-corrected chi connectivity index (χ1v) is 6.94. The van der Waals surface area contributed by atoms with Crippen LogP contribution >= 0.6 is 12.4 Å². The van der Waals surface area contributed by atoms with Crippen LogP contribution in [0.1, 0.15) is 10.4 Å². The fraction of sp³-hybridized carbons (Fsp3) is 0.286. The van der Waals surface area contributed by atoms with Gasteiger partial charge in [-0.25, -0.2) is 4.68 Å². The van der Waals surface area contributed by atoms with E-state index in [1.165, 1.54) is 18.3 Å². The third-order valence-corrected chi connectivity index (χ3v) is 3.56. The molecule has 0 spiro atoms. The lowest BCUT2D eigenvalue weighted by molar-refractivity contribution is -0.384. The Labute approximate surface area is 138 Å². The summed E-state index contributed by atoms with van der Waals surface area (Å²) in [6.45, 7) is 2.95. The molecule has 1 aliphatic rings. The van der Waals surface area contributed by atoms with Gasteiger partial charge in [0.2, 0.25) is 0 Å². The Kier molecular flexibility index (Phi) is 5.30. The van der Waals surface area contributed by atoms with Crippen LogP contribution in [0.25, 0.3) is 5.69 Å². The number of hydrogen-bond donors (Lipinski definition) is 1. The summed E-state index contributed by atoms with van der Waals surface area (Å²) in [6, 6.07) is 6.03. The van der Waals surface area contributed by atoms with E-state index in [0.29, 0.717) is 24.3 Å². The number of non-ortho nitro benzene ring substituents is 1. The van der Waals surface area contributed by atoms with Crippen molar-refractivity contribution in [2.24, 2.45) is 0 Å². The molecule has 0 atom stereocenters. The first kappa shape index (κ1) is 16.9. The summed E-state index contributed by atoms with van der Waals surface area (Å²) in [5, 5.41) is 18.0. The molecule has 3 rings (SSSR count). The number of carbonyl (C=O) groups is 1. The molecule has 1 amide bonds. The number of carbonyl (C=O) groups excluding carboxylic acids is 1. The molecule has 1 N–H and O–H groups in total. The van der Waals surface area contributed by atoms with Crippen molar-refractivity contribution >= 4 is 24.0 Å². The number of nitro groups is 1. The van der Waals surface area contributed by atoms with Gasteiger partial charge in [0.05, 0.1) is 22.4 Å². The molecule has 0 saturated carbocycles. The van der Waals surface area contributed by atoms with Gasteiger partial charge in [-0.2, -0.15) is 5.10 Å². The fourth-order valence-corrected chi connectivity index (χ4v) is 2.35. The van der Waals surface area contributed by atoms with Crippen molar-refractivity contribution in [1.29, 1.82) is 0 Å². The van der Waals surface area contributed by atoms with Crippen LogP contribution in [0.4, 0.5) is 5.69 Å². The number of nitrogens with zero attached hydrogens (tertiary/aromatic N) is 4. The van der Waals surface area contributed by atoms with E-state index in [1.54, 1.807) is 27.9 Å². The molecular weight excluding hydrogens is 322 g/mol. The average molecular weight is 338 g/mol. The van der Waals surface area contributed by atoms with Crippen LogP contribution in [0.15, 0.2) is 36.7 Å². The second kappa shape index (κ2) is 7.21. The topological polar surface area (TPSA) is 93.3 Å². The number of nitrogens with one attached hydrogen (secondary N) is 1. The fourth-order valence-electron chi connectivity index (χ4n) is 2.35. The molecule has 1 fully saturated rings. The molecule has 1 aromatic heterocycles. The molecule has 1 saturated heterocycles. The van der Waals surface area contributed by atoms with E-state index in [2.05, 4.69) is 10.4 Å². The van der Waals surface area contributed by atoms with Gasteiger partial charge in [-0.3, -0.25) is 14.9 Å². The normalized spacial score (nSPS) is 14.2. The quantitative estimate of drug-likeness (QED) is 0.672. The Bertz CT molecular complexity index is 695. The van der Waals surface area contributed by atoms with E-state index in [4.69, 9.17) is 0 Å². The standard InChI is InChI=1S/C14H15N5O3.ClH/c20-14(17-7-5-15-6-8-17)11-9-16-18(10-11)12-1-3-13(4-2-12)19(21)22;/h1-4,9-10,15H,5-8H2;1H. The highest BCUT2D eigenvalue weighted by Gasteiger charge is 2.19. The van der Waals surface area contributed by atoms with Gasteiger partial charge >= 0.3 is 0 Å². The van der Waals surface area contributed by atoms with E-state index in [0.717, 1.165) is 13.1 Å². The van der Waals surface area contributed by atoms with Crippen molar-refractivity contribution in [1.82, 2.24) is 20.0 Å². The molecule has 0 bridgehead atoms. The Morgan fingerprint density at radius 2 is 1.87 bits per heavy atom. The van der Waals surface area contributed by atoms with Gasteiger partial charge in [0.25, 0.3) is 11.6 Å². The summed E-state index contributed by atoms with van der Waals surface area (Å²) < 4.78 is 1.54. The van der Waals surface area contributed by atoms with E-state index in [9.17, 15) is 14.9 Å². The molecule has 1 aliphatic heterocycles. The summed E-state index contributed by atoms with van der Waals surface area (Å²) >= 11 is 0. The highest BCUT2D eigenvalue weighted by Crippen LogP contribution is 2.15. The van der Waals surface area contributed by atoms with E-state index < -0.39 is 4.92 Å². The zero-order chi connectivity index (χ0) is 15.5. The average Bonchev–Trinajstić information content (AvgIpc) is 3.05. The second-order valence-corrected chi connectivity index (χ2v) is 4.99. The van der Waals surface area contributed by atoms with Crippen LogP contribution in [0.2, 0.25) is 0 Å². The largest absolute Gasteiger partial charge is 0.336 e. The number of halogens is 1. The third-order valence-electron chi connectivity index (χ3n) is 3.56. The monoisotopic (exact) mass is 337 g/mol. The maximum Gasteiger partial charge on any atom is 0.269 e. The summed E-state index contributed by atoms with van der Waals surface area (Å²) in [6.07, 6.45) is 3.16. The Balaban J connectivity index is 0.00000192. The van der Waals surface area contributed by atoms with Gasteiger partial charge in [-0.15, -0.1) is 12.4 Å². The Morgan fingerprint density at radius 1 is 1.22 bits per heavy atom. The predicted octanol–water partition coefficient (Wildman–Crippen LogP) is 1.25. The van der Waals surface area contributed by atoms with E-state index in [1.807, 2.05) is 0 Å². The molecule has 2 heterocycles. The molecule has 0 aliphatic carbocycles. The van der Waals surface area contributed by atoms with Crippen molar-refractivity contribution < 1.29 is 9.72 Å². The van der Waals surface area contributed by atoms with E-state index in [-0.39, 0.29) is 24.0 Å². The maximum absolute atomic E-state index is 12.3. The molecule has 23 heavy (non-hydrogen) atoms. The lowest BCUT2D eigenvalue weighted by Crippen LogP contribution is -2.46. The van der Waals surface area contributed by atoms with Crippen molar-refractivity contribution in [2.75, 3.05) is 26.2 Å². The zero-order valence-corrected chi connectivity index (χ0v) is 13.0. The molecule has 8 nitrogen and oxygen atoms in total. The lowest BCUT2D eigenvalue weighted by Gasteiger charge is -2.26. The SMILES string of the molecule is Cl.O=C(c1cnn(-c2ccc([N+](=O)[O-])cc2)c1)N1CCNCC1. The zero-order valence-electron chi connectivity index (χ0n) is 12.2. The minimum absolute atomic E-state index is 0. The van der Waals surface area contributed by atoms with Gasteiger partial charge in [0.1, 0.15) is 0 Å². The number of piperazine rings is 1. The number of nitro benzene ring substituents is 1. The number of benzene rings is 1. The Morgan fingerprint density at radius 3 is 2.48 bits per heavy atom. The van der Waals surface area contributed by atoms with Crippen LogP contribution in [-0.2, 0) is 0 Å². The maximum atomic E-state index is 12.3. The highest BCUT2D eigenvalue weighted by atomic mass is 35.5. The van der Waals surface area contributed by atoms with Crippen LogP contribution < -0.4 is 5.32 Å². The van der Waals surface area contributed by atoms with E-state index >= 15 is 0 Å². The van der Waals surface area contributed by atoms with Gasteiger partial charge in [0.15, 0.2) is 0 Å².